The molecule has 4 aromatic rings. The Kier molecular flexibility index (Phi) is 7.21. The molecular formula is C28H28FN9O3S. The molecule has 6 rings (SSSR count). The lowest BCUT2D eigenvalue weighted by Gasteiger charge is -2.39. The van der Waals surface area contributed by atoms with Crippen LogP contribution in [0.25, 0.3) is 16.9 Å². The van der Waals surface area contributed by atoms with Gasteiger partial charge in [0.25, 0.3) is 0 Å². The first-order chi connectivity index (χ1) is 20.2. The molecule has 5 heterocycles. The number of benzene rings is 1. The average Bonchev–Trinajstić information content (AvgIpc) is 3.58. The standard InChI is InChI=1S/C28H28FN9O3S/c1-3-20-26(34(2)28-32-25(21(12-30)42-28)17-4-6-18(29)7-5-17)27-31-22(8-9-38(27)33-20)35-10-11-36(23(40)15-35)16-24(41)37-13-19(39)14-37/h4-9,19,39H,3,10-11,13-16H2,1-2H3. The minimum absolute atomic E-state index is 0.00168. The number of aliphatic hydroxyl groups is 1. The average molecular weight is 590 g/mol. The summed E-state index contributed by atoms with van der Waals surface area (Å²) < 4.78 is 15.2. The van der Waals surface area contributed by atoms with Gasteiger partial charge in [0, 0.05) is 45.0 Å². The first kappa shape index (κ1) is 27.6. The highest BCUT2D eigenvalue weighted by atomic mass is 32.1. The molecule has 2 saturated heterocycles. The number of aromatic nitrogens is 4. The van der Waals surface area contributed by atoms with Gasteiger partial charge in [-0.2, -0.15) is 10.4 Å². The van der Waals surface area contributed by atoms with Crippen molar-refractivity contribution < 1.29 is 19.1 Å². The minimum atomic E-state index is -0.482. The van der Waals surface area contributed by atoms with Crippen LogP contribution in [0.15, 0.2) is 36.5 Å². The number of halogens is 1. The Hall–Kier alpha value is -4.61. The topological polar surface area (TPSA) is 134 Å². The van der Waals surface area contributed by atoms with Crippen LogP contribution in [0.5, 0.6) is 0 Å². The lowest BCUT2D eigenvalue weighted by atomic mass is 10.1. The molecule has 14 heteroatoms. The van der Waals surface area contributed by atoms with Gasteiger partial charge in [-0.3, -0.25) is 9.59 Å². The third-order valence-corrected chi connectivity index (χ3v) is 8.53. The monoisotopic (exact) mass is 589 g/mol. The molecule has 12 nitrogen and oxygen atoms in total. The summed E-state index contributed by atoms with van der Waals surface area (Å²) in [6, 6.07) is 9.89. The normalized spacial score (nSPS) is 15.7. The van der Waals surface area contributed by atoms with E-state index in [2.05, 4.69) is 6.07 Å². The Labute approximate surface area is 244 Å². The molecule has 2 aliphatic rings. The fraction of sp³-hybridized carbons (Fsp3) is 0.357. The molecule has 2 fully saturated rings. The Morgan fingerprint density at radius 3 is 2.64 bits per heavy atom. The van der Waals surface area contributed by atoms with Gasteiger partial charge < -0.3 is 24.7 Å². The van der Waals surface area contributed by atoms with E-state index in [-0.39, 0.29) is 30.7 Å². The molecular weight excluding hydrogens is 561 g/mol. The van der Waals surface area contributed by atoms with Crippen LogP contribution in [0.2, 0.25) is 0 Å². The second kappa shape index (κ2) is 11.0. The Balaban J connectivity index is 1.26. The molecule has 2 amide bonds. The van der Waals surface area contributed by atoms with Crippen LogP contribution in [0.3, 0.4) is 0 Å². The molecule has 1 N–H and O–H groups in total. The molecule has 0 radical (unpaired) electrons. The molecule has 0 bridgehead atoms. The second-order valence-corrected chi connectivity index (χ2v) is 11.2. The molecule has 3 aromatic heterocycles. The van der Waals surface area contributed by atoms with Crippen molar-refractivity contribution in [2.45, 2.75) is 19.4 Å². The smallest absolute Gasteiger partial charge is 0.242 e. The number of rotatable bonds is 7. The molecule has 0 unspecified atom stereocenters. The van der Waals surface area contributed by atoms with Gasteiger partial charge in [0.1, 0.15) is 34.0 Å². The number of amides is 2. The van der Waals surface area contributed by atoms with Crippen molar-refractivity contribution in [1.29, 1.82) is 5.26 Å². The van der Waals surface area contributed by atoms with Gasteiger partial charge in [0.2, 0.25) is 11.8 Å². The van der Waals surface area contributed by atoms with Gasteiger partial charge in [-0.25, -0.2) is 18.9 Å². The third kappa shape index (κ3) is 5.01. The van der Waals surface area contributed by atoms with Crippen LogP contribution < -0.4 is 9.80 Å². The highest BCUT2D eigenvalue weighted by molar-refractivity contribution is 7.16. The SMILES string of the molecule is CCc1nn2ccc(N3CCN(CC(=O)N4CC(O)C4)C(=O)C3)nc2c1N(C)c1nc(-c2ccc(F)cc2)c(C#N)s1. The number of thiazole rings is 1. The zero-order valence-corrected chi connectivity index (χ0v) is 23.9. The number of piperazine rings is 1. The number of hydrogen-bond acceptors (Lipinski definition) is 10. The Morgan fingerprint density at radius 2 is 1.98 bits per heavy atom. The van der Waals surface area contributed by atoms with Gasteiger partial charge in [0.15, 0.2) is 10.8 Å². The Bertz CT molecular complexity index is 1710. The van der Waals surface area contributed by atoms with Crippen molar-refractivity contribution in [3.8, 4) is 17.3 Å². The molecule has 42 heavy (non-hydrogen) atoms. The van der Waals surface area contributed by atoms with E-state index in [1.807, 2.05) is 29.8 Å². The number of aliphatic hydroxyl groups excluding tert-OH is 1. The molecule has 1 aromatic carbocycles. The quantitative estimate of drug-likeness (QED) is 0.344. The molecule has 0 atom stereocenters. The fourth-order valence-electron chi connectivity index (χ4n) is 5.13. The number of β-amino-alcohol motifs (C(OH)–C–C–N with tert-alkyl or cyclic N) is 1. The number of nitrogens with zero attached hydrogens (tertiary/aromatic N) is 9. The summed E-state index contributed by atoms with van der Waals surface area (Å²) in [5.41, 5.74) is 3.22. The highest BCUT2D eigenvalue weighted by Crippen LogP contribution is 2.38. The van der Waals surface area contributed by atoms with E-state index >= 15 is 0 Å². The summed E-state index contributed by atoms with van der Waals surface area (Å²) >= 11 is 1.23. The van der Waals surface area contributed by atoms with E-state index in [0.29, 0.717) is 65.3 Å². The summed E-state index contributed by atoms with van der Waals surface area (Å²) in [7, 11) is 1.84. The van der Waals surface area contributed by atoms with Gasteiger partial charge in [-0.1, -0.05) is 18.3 Å². The van der Waals surface area contributed by atoms with Crippen molar-refractivity contribution in [3.63, 3.8) is 0 Å². The Morgan fingerprint density at radius 1 is 1.21 bits per heavy atom. The van der Waals surface area contributed by atoms with Crippen LogP contribution in [0.1, 0.15) is 17.5 Å². The largest absolute Gasteiger partial charge is 0.389 e. The molecule has 216 valence electrons. The van der Waals surface area contributed by atoms with Gasteiger partial charge >= 0.3 is 0 Å². The molecule has 2 aliphatic heterocycles. The van der Waals surface area contributed by atoms with E-state index in [0.717, 1.165) is 11.4 Å². The van der Waals surface area contributed by atoms with Crippen molar-refractivity contribution >= 4 is 45.4 Å². The first-order valence-electron chi connectivity index (χ1n) is 13.5. The summed E-state index contributed by atoms with van der Waals surface area (Å²) in [6.07, 6.45) is 1.94. The number of anilines is 3. The summed E-state index contributed by atoms with van der Waals surface area (Å²) in [6.45, 7) is 3.58. The highest BCUT2D eigenvalue weighted by Gasteiger charge is 2.33. The first-order valence-corrected chi connectivity index (χ1v) is 14.3. The van der Waals surface area contributed by atoms with E-state index in [4.69, 9.17) is 15.1 Å². The van der Waals surface area contributed by atoms with E-state index in [9.17, 15) is 24.3 Å². The maximum atomic E-state index is 13.5. The van der Waals surface area contributed by atoms with Crippen molar-refractivity contribution in [2.24, 2.45) is 0 Å². The molecule has 0 spiro atoms. The minimum Gasteiger partial charge on any atom is -0.389 e. The van der Waals surface area contributed by atoms with E-state index < -0.39 is 6.10 Å². The van der Waals surface area contributed by atoms with Gasteiger partial charge in [-0.15, -0.1) is 0 Å². The fourth-order valence-corrected chi connectivity index (χ4v) is 5.99. The van der Waals surface area contributed by atoms with E-state index in [1.165, 1.54) is 23.5 Å². The second-order valence-electron chi connectivity index (χ2n) is 10.2. The third-order valence-electron chi connectivity index (χ3n) is 7.49. The predicted octanol–water partition coefficient (Wildman–Crippen LogP) is 2.05. The van der Waals surface area contributed by atoms with E-state index in [1.54, 1.807) is 32.6 Å². The van der Waals surface area contributed by atoms with Crippen LogP contribution in [0, 0.1) is 17.1 Å². The number of carbonyl (C=O) groups excluding carboxylic acids is 2. The van der Waals surface area contributed by atoms with Crippen molar-refractivity contribution in [2.75, 3.05) is 56.1 Å². The maximum Gasteiger partial charge on any atom is 0.242 e. The lowest BCUT2D eigenvalue weighted by molar-refractivity contribution is -0.147. The number of aryl methyl sites for hydroxylation is 1. The number of nitriles is 1. The summed E-state index contributed by atoms with van der Waals surface area (Å²) in [5.74, 6) is -0.0917. The zero-order valence-electron chi connectivity index (χ0n) is 23.1. The van der Waals surface area contributed by atoms with Gasteiger partial charge in [-0.05, 0) is 36.8 Å². The number of likely N-dealkylation sites (tertiary alicyclic amines) is 1. The number of carbonyl (C=O) groups is 2. The summed E-state index contributed by atoms with van der Waals surface area (Å²) in [5, 5.41) is 24.5. The number of fused-ring (bicyclic) bond motifs is 1. The van der Waals surface area contributed by atoms with Crippen molar-refractivity contribution in [3.05, 3.63) is 52.9 Å². The van der Waals surface area contributed by atoms with Crippen LogP contribution in [0.4, 0.5) is 21.0 Å². The summed E-state index contributed by atoms with van der Waals surface area (Å²) in [4.78, 5) is 42.2. The maximum absolute atomic E-state index is 13.5. The van der Waals surface area contributed by atoms with Crippen LogP contribution in [-0.4, -0.2) is 98.7 Å². The van der Waals surface area contributed by atoms with Gasteiger partial charge in [0.05, 0.1) is 24.9 Å². The van der Waals surface area contributed by atoms with Crippen molar-refractivity contribution in [1.82, 2.24) is 29.4 Å². The van der Waals surface area contributed by atoms with Crippen LogP contribution in [-0.2, 0) is 16.0 Å². The molecule has 0 aliphatic carbocycles. The zero-order chi connectivity index (χ0) is 29.5. The molecule has 0 saturated carbocycles. The number of hydrogen-bond donors (Lipinski definition) is 1. The lowest BCUT2D eigenvalue weighted by Crippen LogP contribution is -2.58. The van der Waals surface area contributed by atoms with Crippen LogP contribution >= 0.6 is 11.3 Å². The predicted molar refractivity (Wildman–Crippen MR) is 154 cm³/mol.